The van der Waals surface area contributed by atoms with Gasteiger partial charge in [-0.05, 0) is 29.9 Å². The minimum absolute atomic E-state index is 0.110. The predicted molar refractivity (Wildman–Crippen MR) is 95.9 cm³/mol. The topological polar surface area (TPSA) is 70.6 Å². The third kappa shape index (κ3) is 5.80. The summed E-state index contributed by atoms with van der Waals surface area (Å²) in [4.78, 5) is 23.7. The highest BCUT2D eigenvalue weighted by molar-refractivity contribution is 6.35. The summed E-state index contributed by atoms with van der Waals surface area (Å²) < 4.78 is 0. The number of rotatable bonds is 4. The summed E-state index contributed by atoms with van der Waals surface area (Å²) in [5, 5.41) is 6.67. The van der Waals surface area contributed by atoms with Gasteiger partial charge in [-0.15, -0.1) is 0 Å². The largest absolute Gasteiger partial charge is 0.345 e. The lowest BCUT2D eigenvalue weighted by atomic mass is 10.0. The standard InChI is InChI=1S/C19H27N3O2/c1-14(2)16-11-9-15(10-12-16)13-20-22-19(24)18(23)21-17-7-5-3-4-6-8-17/h9-14,17H,3-8H2,1-2H3,(H,21,23)(H,22,24). The lowest BCUT2D eigenvalue weighted by Crippen LogP contribution is -2.43. The average Bonchev–Trinajstić information content (AvgIpc) is 2.83. The zero-order valence-electron chi connectivity index (χ0n) is 14.5. The summed E-state index contributed by atoms with van der Waals surface area (Å²) in [5.74, 6) is -0.841. The second-order valence-electron chi connectivity index (χ2n) is 6.68. The molecule has 2 amide bonds. The molecule has 2 rings (SSSR count). The Balaban J connectivity index is 1.79. The molecule has 5 heteroatoms. The molecule has 0 heterocycles. The maximum Gasteiger partial charge on any atom is 0.329 e. The summed E-state index contributed by atoms with van der Waals surface area (Å²) >= 11 is 0. The van der Waals surface area contributed by atoms with Crippen LogP contribution in [0.1, 0.15) is 69.4 Å². The highest BCUT2D eigenvalue weighted by Gasteiger charge is 2.19. The van der Waals surface area contributed by atoms with Gasteiger partial charge in [0.05, 0.1) is 6.21 Å². The van der Waals surface area contributed by atoms with Crippen molar-refractivity contribution in [3.05, 3.63) is 35.4 Å². The molecule has 0 aliphatic heterocycles. The van der Waals surface area contributed by atoms with Crippen molar-refractivity contribution in [3.8, 4) is 0 Å². The van der Waals surface area contributed by atoms with Gasteiger partial charge in [0.1, 0.15) is 0 Å². The van der Waals surface area contributed by atoms with Crippen molar-refractivity contribution in [1.82, 2.24) is 10.7 Å². The van der Waals surface area contributed by atoms with Crippen molar-refractivity contribution in [1.29, 1.82) is 0 Å². The van der Waals surface area contributed by atoms with Crippen LogP contribution in [0.3, 0.4) is 0 Å². The van der Waals surface area contributed by atoms with Gasteiger partial charge >= 0.3 is 11.8 Å². The molecule has 1 fully saturated rings. The number of benzene rings is 1. The number of carbonyl (C=O) groups excluding carboxylic acids is 2. The SMILES string of the molecule is CC(C)c1ccc(C=NNC(=O)C(=O)NC2CCCCCC2)cc1. The molecule has 1 aromatic rings. The summed E-state index contributed by atoms with van der Waals surface area (Å²) in [6, 6.07) is 8.06. The highest BCUT2D eigenvalue weighted by Crippen LogP contribution is 2.17. The van der Waals surface area contributed by atoms with E-state index in [4.69, 9.17) is 0 Å². The first kappa shape index (κ1) is 18.2. The van der Waals surface area contributed by atoms with E-state index in [0.29, 0.717) is 5.92 Å². The Labute approximate surface area is 143 Å². The van der Waals surface area contributed by atoms with Crippen LogP contribution in [-0.4, -0.2) is 24.1 Å². The number of hydrogen-bond donors (Lipinski definition) is 2. The van der Waals surface area contributed by atoms with Gasteiger partial charge in [-0.3, -0.25) is 9.59 Å². The van der Waals surface area contributed by atoms with Crippen LogP contribution in [0.15, 0.2) is 29.4 Å². The molecule has 0 atom stereocenters. The minimum atomic E-state index is -0.714. The van der Waals surface area contributed by atoms with Crippen LogP contribution < -0.4 is 10.7 Å². The Bertz CT molecular complexity index is 571. The van der Waals surface area contributed by atoms with Crippen LogP contribution in [-0.2, 0) is 9.59 Å². The first-order valence-corrected chi connectivity index (χ1v) is 8.80. The zero-order chi connectivity index (χ0) is 17.4. The zero-order valence-corrected chi connectivity index (χ0v) is 14.5. The normalized spacial score (nSPS) is 16.1. The van der Waals surface area contributed by atoms with E-state index in [1.165, 1.54) is 18.4 Å². The van der Waals surface area contributed by atoms with Crippen molar-refractivity contribution < 1.29 is 9.59 Å². The molecule has 1 aliphatic rings. The van der Waals surface area contributed by atoms with E-state index in [1.807, 2.05) is 24.3 Å². The fourth-order valence-electron chi connectivity index (χ4n) is 2.86. The third-order valence-electron chi connectivity index (χ3n) is 4.38. The molecule has 130 valence electrons. The number of nitrogens with zero attached hydrogens (tertiary/aromatic N) is 1. The summed E-state index contributed by atoms with van der Waals surface area (Å²) in [5.41, 5.74) is 4.42. The quantitative estimate of drug-likeness (QED) is 0.386. The molecular weight excluding hydrogens is 302 g/mol. The van der Waals surface area contributed by atoms with Gasteiger partial charge in [0.2, 0.25) is 0 Å². The van der Waals surface area contributed by atoms with Gasteiger partial charge in [-0.2, -0.15) is 5.10 Å². The molecule has 2 N–H and O–H groups in total. The molecule has 5 nitrogen and oxygen atoms in total. The predicted octanol–water partition coefficient (Wildman–Crippen LogP) is 3.10. The van der Waals surface area contributed by atoms with Crippen LogP contribution in [0.25, 0.3) is 0 Å². The summed E-state index contributed by atoms with van der Waals surface area (Å²) in [6.07, 6.45) is 8.07. The fourth-order valence-corrected chi connectivity index (χ4v) is 2.86. The third-order valence-corrected chi connectivity index (χ3v) is 4.38. The van der Waals surface area contributed by atoms with E-state index in [9.17, 15) is 9.59 Å². The number of hydrogen-bond acceptors (Lipinski definition) is 3. The molecule has 0 spiro atoms. The smallest absolute Gasteiger partial charge is 0.329 e. The van der Waals surface area contributed by atoms with Crippen LogP contribution in [0.4, 0.5) is 0 Å². The lowest BCUT2D eigenvalue weighted by Gasteiger charge is -2.14. The van der Waals surface area contributed by atoms with Gasteiger partial charge in [0.25, 0.3) is 0 Å². The number of hydrazone groups is 1. The van der Waals surface area contributed by atoms with Gasteiger partial charge in [0.15, 0.2) is 0 Å². The highest BCUT2D eigenvalue weighted by atomic mass is 16.2. The molecule has 1 saturated carbocycles. The van der Waals surface area contributed by atoms with Crippen molar-refractivity contribution in [3.63, 3.8) is 0 Å². The molecule has 24 heavy (non-hydrogen) atoms. The Kier molecular flexibility index (Phi) is 6.97. The number of carbonyl (C=O) groups is 2. The van der Waals surface area contributed by atoms with Crippen molar-refractivity contribution in [2.45, 2.75) is 64.3 Å². The number of nitrogens with one attached hydrogen (secondary N) is 2. The second kappa shape index (κ2) is 9.21. The van der Waals surface area contributed by atoms with E-state index in [0.717, 1.165) is 31.2 Å². The van der Waals surface area contributed by atoms with E-state index in [-0.39, 0.29) is 6.04 Å². The second-order valence-corrected chi connectivity index (χ2v) is 6.68. The molecule has 0 saturated heterocycles. The number of amides is 2. The van der Waals surface area contributed by atoms with Gasteiger partial charge in [-0.25, -0.2) is 5.43 Å². The molecule has 0 bridgehead atoms. The van der Waals surface area contributed by atoms with E-state index >= 15 is 0 Å². The molecule has 1 aliphatic carbocycles. The summed E-state index contributed by atoms with van der Waals surface area (Å²) in [7, 11) is 0. The van der Waals surface area contributed by atoms with Crippen LogP contribution in [0.2, 0.25) is 0 Å². The first-order valence-electron chi connectivity index (χ1n) is 8.80. The monoisotopic (exact) mass is 329 g/mol. The van der Waals surface area contributed by atoms with Crippen molar-refractivity contribution >= 4 is 18.0 Å². The molecule has 0 aromatic heterocycles. The maximum absolute atomic E-state index is 11.9. The molecule has 0 radical (unpaired) electrons. The minimum Gasteiger partial charge on any atom is -0.345 e. The van der Waals surface area contributed by atoms with E-state index in [1.54, 1.807) is 6.21 Å². The van der Waals surface area contributed by atoms with E-state index in [2.05, 4.69) is 29.7 Å². The van der Waals surface area contributed by atoms with Crippen LogP contribution >= 0.6 is 0 Å². The van der Waals surface area contributed by atoms with Gasteiger partial charge < -0.3 is 5.32 Å². The fraction of sp³-hybridized carbons (Fsp3) is 0.526. The average molecular weight is 329 g/mol. The maximum atomic E-state index is 11.9. The van der Waals surface area contributed by atoms with Gasteiger partial charge in [-0.1, -0.05) is 63.8 Å². The Morgan fingerprint density at radius 1 is 1.04 bits per heavy atom. The molecular formula is C19H27N3O2. The van der Waals surface area contributed by atoms with Crippen molar-refractivity contribution in [2.75, 3.05) is 0 Å². The van der Waals surface area contributed by atoms with Crippen LogP contribution in [0, 0.1) is 0 Å². The van der Waals surface area contributed by atoms with Crippen molar-refractivity contribution in [2.24, 2.45) is 5.10 Å². The Hall–Kier alpha value is -2.17. The van der Waals surface area contributed by atoms with Crippen LogP contribution in [0.5, 0.6) is 0 Å². The Morgan fingerprint density at radius 2 is 1.67 bits per heavy atom. The first-order chi connectivity index (χ1) is 11.6. The Morgan fingerprint density at radius 3 is 2.25 bits per heavy atom. The summed E-state index contributed by atoms with van der Waals surface area (Å²) in [6.45, 7) is 4.27. The lowest BCUT2D eigenvalue weighted by molar-refractivity contribution is -0.139. The molecule has 0 unspecified atom stereocenters. The molecule has 1 aromatic carbocycles. The van der Waals surface area contributed by atoms with E-state index < -0.39 is 11.8 Å². The van der Waals surface area contributed by atoms with Gasteiger partial charge in [0, 0.05) is 6.04 Å².